The summed E-state index contributed by atoms with van der Waals surface area (Å²) in [5, 5.41) is 27.4. The lowest BCUT2D eigenvalue weighted by molar-refractivity contribution is -0.385. The lowest BCUT2D eigenvalue weighted by atomic mass is 10.1. The summed E-state index contributed by atoms with van der Waals surface area (Å²) in [6.07, 6.45) is 0. The van der Waals surface area contributed by atoms with Crippen LogP contribution in [0.1, 0.15) is 15.9 Å². The third kappa shape index (κ3) is 1.88. The molecular formula is C8H3FN2O4. The number of nitriles is 1. The Hall–Kier alpha value is -2.49. The molecule has 15 heavy (non-hydrogen) atoms. The minimum Gasteiger partial charge on any atom is -0.477 e. The first kappa shape index (κ1) is 10.6. The lowest BCUT2D eigenvalue weighted by Gasteiger charge is -1.99. The van der Waals surface area contributed by atoms with Gasteiger partial charge in [0.05, 0.1) is 10.5 Å². The van der Waals surface area contributed by atoms with E-state index in [1.165, 1.54) is 6.07 Å². The van der Waals surface area contributed by atoms with E-state index in [-0.39, 0.29) is 0 Å². The van der Waals surface area contributed by atoms with E-state index in [1.807, 2.05) is 0 Å². The molecule has 0 amide bonds. The van der Waals surface area contributed by atoms with Crippen LogP contribution in [0.25, 0.3) is 0 Å². The van der Waals surface area contributed by atoms with Gasteiger partial charge in [-0.3, -0.25) is 10.1 Å². The number of nitro benzene ring substituents is 1. The average Bonchev–Trinajstić information content (AvgIpc) is 2.16. The molecule has 76 valence electrons. The second-order valence-corrected chi connectivity index (χ2v) is 2.52. The minimum atomic E-state index is -1.62. The predicted molar refractivity (Wildman–Crippen MR) is 44.7 cm³/mol. The SMILES string of the molecule is N#Cc1cc([N+](=O)[O-])c(C(=O)O)cc1F. The standard InChI is InChI=1S/C8H3FN2O4/c9-6-2-5(8(12)13)7(11(14)15)1-4(6)3-10/h1-2H,(H,12,13). The zero-order valence-electron chi connectivity index (χ0n) is 7.10. The number of carboxylic acids is 1. The molecule has 0 aliphatic carbocycles. The fourth-order valence-electron chi connectivity index (χ4n) is 0.970. The number of nitrogens with zero attached hydrogens (tertiary/aromatic N) is 2. The number of nitro groups is 1. The fraction of sp³-hybridized carbons (Fsp3) is 0. The Morgan fingerprint density at radius 3 is 2.60 bits per heavy atom. The van der Waals surface area contributed by atoms with Crippen LogP contribution in [0.3, 0.4) is 0 Å². The molecule has 1 aromatic rings. The van der Waals surface area contributed by atoms with E-state index < -0.39 is 33.5 Å². The Kier molecular flexibility index (Phi) is 2.62. The first-order valence-electron chi connectivity index (χ1n) is 3.58. The Balaban J connectivity index is 3.54. The molecule has 0 aromatic heterocycles. The molecule has 0 unspecified atom stereocenters. The molecular weight excluding hydrogens is 207 g/mol. The van der Waals surface area contributed by atoms with Crippen LogP contribution in [0.5, 0.6) is 0 Å². The highest BCUT2D eigenvalue weighted by molar-refractivity contribution is 5.92. The number of carbonyl (C=O) groups is 1. The van der Waals surface area contributed by atoms with Crippen molar-refractivity contribution in [2.75, 3.05) is 0 Å². The minimum absolute atomic E-state index is 0.457. The van der Waals surface area contributed by atoms with E-state index in [0.29, 0.717) is 12.1 Å². The summed E-state index contributed by atoms with van der Waals surface area (Å²) < 4.78 is 12.9. The smallest absolute Gasteiger partial charge is 0.342 e. The van der Waals surface area contributed by atoms with Gasteiger partial charge in [0.25, 0.3) is 5.69 Å². The highest BCUT2D eigenvalue weighted by Gasteiger charge is 2.22. The van der Waals surface area contributed by atoms with Gasteiger partial charge in [-0.25, -0.2) is 9.18 Å². The van der Waals surface area contributed by atoms with Gasteiger partial charge >= 0.3 is 5.97 Å². The van der Waals surface area contributed by atoms with Crippen LogP contribution < -0.4 is 0 Å². The van der Waals surface area contributed by atoms with Crippen molar-refractivity contribution >= 4 is 11.7 Å². The summed E-state index contributed by atoms with van der Waals surface area (Å²) >= 11 is 0. The third-order valence-electron chi connectivity index (χ3n) is 1.63. The normalized spacial score (nSPS) is 9.33. The summed E-state index contributed by atoms with van der Waals surface area (Å²) in [5.41, 5.74) is -2.15. The monoisotopic (exact) mass is 210 g/mol. The molecule has 0 atom stereocenters. The van der Waals surface area contributed by atoms with Crippen LogP contribution in [-0.4, -0.2) is 16.0 Å². The first-order chi connectivity index (χ1) is 6.97. The van der Waals surface area contributed by atoms with Gasteiger partial charge in [0.15, 0.2) is 0 Å². The number of benzene rings is 1. The van der Waals surface area contributed by atoms with Crippen molar-refractivity contribution in [3.63, 3.8) is 0 Å². The lowest BCUT2D eigenvalue weighted by Crippen LogP contribution is -2.04. The van der Waals surface area contributed by atoms with Crippen LogP contribution >= 0.6 is 0 Å². The molecule has 0 radical (unpaired) electrons. The maximum absolute atomic E-state index is 12.9. The third-order valence-corrected chi connectivity index (χ3v) is 1.63. The van der Waals surface area contributed by atoms with Crippen molar-refractivity contribution < 1.29 is 19.2 Å². The van der Waals surface area contributed by atoms with Gasteiger partial charge in [0.2, 0.25) is 0 Å². The largest absolute Gasteiger partial charge is 0.477 e. The molecule has 7 heteroatoms. The van der Waals surface area contributed by atoms with Gasteiger partial charge in [-0.15, -0.1) is 0 Å². The van der Waals surface area contributed by atoms with E-state index in [2.05, 4.69) is 0 Å². The fourth-order valence-corrected chi connectivity index (χ4v) is 0.970. The highest BCUT2D eigenvalue weighted by atomic mass is 19.1. The van der Waals surface area contributed by atoms with E-state index in [4.69, 9.17) is 10.4 Å². The Labute approximate surface area is 82.3 Å². The summed E-state index contributed by atoms with van der Waals surface area (Å²) in [7, 11) is 0. The topological polar surface area (TPSA) is 104 Å². The number of carboxylic acid groups (broad SMARTS) is 1. The van der Waals surface area contributed by atoms with Gasteiger partial charge in [-0.1, -0.05) is 0 Å². The number of rotatable bonds is 2. The molecule has 0 saturated heterocycles. The van der Waals surface area contributed by atoms with Crippen LogP contribution in [0.2, 0.25) is 0 Å². The molecule has 1 rings (SSSR count). The van der Waals surface area contributed by atoms with Crippen molar-refractivity contribution in [2.24, 2.45) is 0 Å². The molecule has 0 aliphatic heterocycles. The van der Waals surface area contributed by atoms with Crippen LogP contribution in [0, 0.1) is 27.3 Å². The van der Waals surface area contributed by atoms with Crippen LogP contribution in [0.15, 0.2) is 12.1 Å². The van der Waals surface area contributed by atoms with Crippen LogP contribution in [0.4, 0.5) is 10.1 Å². The zero-order chi connectivity index (χ0) is 11.6. The maximum atomic E-state index is 12.9. The first-order valence-corrected chi connectivity index (χ1v) is 3.58. The number of hydrogen-bond acceptors (Lipinski definition) is 4. The van der Waals surface area contributed by atoms with E-state index >= 15 is 0 Å². The molecule has 0 spiro atoms. The van der Waals surface area contributed by atoms with Crippen molar-refractivity contribution in [3.05, 3.63) is 39.2 Å². The van der Waals surface area contributed by atoms with Crippen molar-refractivity contribution in [1.29, 1.82) is 5.26 Å². The van der Waals surface area contributed by atoms with Gasteiger partial charge in [0, 0.05) is 6.07 Å². The molecule has 1 aromatic carbocycles. The summed E-state index contributed by atoms with van der Waals surface area (Å²) in [6.45, 7) is 0. The maximum Gasteiger partial charge on any atom is 0.342 e. The molecule has 0 heterocycles. The van der Waals surface area contributed by atoms with Gasteiger partial charge in [-0.05, 0) is 6.07 Å². The Morgan fingerprint density at radius 2 is 2.20 bits per heavy atom. The van der Waals surface area contributed by atoms with Gasteiger partial charge in [-0.2, -0.15) is 5.26 Å². The summed E-state index contributed by atoms with van der Waals surface area (Å²) in [5.74, 6) is -2.72. The quantitative estimate of drug-likeness (QED) is 0.585. The predicted octanol–water partition coefficient (Wildman–Crippen LogP) is 1.30. The summed E-state index contributed by atoms with van der Waals surface area (Å²) in [4.78, 5) is 20.0. The molecule has 0 bridgehead atoms. The van der Waals surface area contributed by atoms with Gasteiger partial charge < -0.3 is 5.11 Å². The molecule has 6 nitrogen and oxygen atoms in total. The van der Waals surface area contributed by atoms with Gasteiger partial charge in [0.1, 0.15) is 17.4 Å². The number of aromatic carboxylic acids is 1. The number of hydrogen-bond donors (Lipinski definition) is 1. The van der Waals surface area contributed by atoms with Crippen molar-refractivity contribution in [2.45, 2.75) is 0 Å². The second kappa shape index (κ2) is 3.71. The molecule has 1 N–H and O–H groups in total. The average molecular weight is 210 g/mol. The zero-order valence-corrected chi connectivity index (χ0v) is 7.10. The summed E-state index contributed by atoms with van der Waals surface area (Å²) in [6, 6.07) is 2.44. The Morgan fingerprint density at radius 1 is 1.60 bits per heavy atom. The van der Waals surface area contributed by atoms with Crippen LogP contribution in [-0.2, 0) is 0 Å². The molecule has 0 aliphatic rings. The van der Waals surface area contributed by atoms with Crippen molar-refractivity contribution in [1.82, 2.24) is 0 Å². The Bertz CT molecular complexity index is 492. The molecule has 0 saturated carbocycles. The molecule has 0 fully saturated rings. The van der Waals surface area contributed by atoms with E-state index in [1.54, 1.807) is 0 Å². The van der Waals surface area contributed by atoms with Crippen molar-refractivity contribution in [3.8, 4) is 6.07 Å². The number of halogens is 1. The van der Waals surface area contributed by atoms with E-state index in [9.17, 15) is 19.3 Å². The second-order valence-electron chi connectivity index (χ2n) is 2.52. The highest BCUT2D eigenvalue weighted by Crippen LogP contribution is 2.22. The van der Waals surface area contributed by atoms with E-state index in [0.717, 1.165) is 0 Å².